The topological polar surface area (TPSA) is 94.7 Å². The van der Waals surface area contributed by atoms with Crippen molar-refractivity contribution in [1.29, 1.82) is 0 Å². The molecule has 7 nitrogen and oxygen atoms in total. The van der Waals surface area contributed by atoms with E-state index in [0.717, 1.165) is 10.9 Å². The Morgan fingerprint density at radius 3 is 2.60 bits per heavy atom. The van der Waals surface area contributed by atoms with E-state index in [1.54, 1.807) is 43.5 Å². The summed E-state index contributed by atoms with van der Waals surface area (Å²) < 4.78 is 16.8. The van der Waals surface area contributed by atoms with Crippen LogP contribution in [0.4, 0.5) is 0 Å². The van der Waals surface area contributed by atoms with E-state index in [9.17, 15) is 14.4 Å². The Labute approximate surface area is 199 Å². The van der Waals surface area contributed by atoms with E-state index in [4.69, 9.17) is 14.2 Å². The van der Waals surface area contributed by atoms with E-state index >= 15 is 0 Å². The summed E-state index contributed by atoms with van der Waals surface area (Å²) >= 11 is 0. The Morgan fingerprint density at radius 2 is 1.80 bits per heavy atom. The van der Waals surface area contributed by atoms with Crippen LogP contribution in [0.25, 0.3) is 17.0 Å². The summed E-state index contributed by atoms with van der Waals surface area (Å²) in [6.45, 7) is 0. The van der Waals surface area contributed by atoms with E-state index < -0.39 is 11.9 Å². The fourth-order valence-corrected chi connectivity index (χ4v) is 4.66. The number of fused-ring (bicyclic) bond motifs is 4. The highest BCUT2D eigenvalue weighted by atomic mass is 16.5. The Morgan fingerprint density at radius 1 is 0.971 bits per heavy atom. The summed E-state index contributed by atoms with van der Waals surface area (Å²) in [6, 6.07) is 19.7. The molecule has 35 heavy (non-hydrogen) atoms. The lowest BCUT2D eigenvalue weighted by molar-refractivity contribution is -0.135. The van der Waals surface area contributed by atoms with Gasteiger partial charge in [0.15, 0.2) is 5.76 Å². The minimum absolute atomic E-state index is 0.0521. The standard InChI is InChI=1S/C28H19NO6/c1-33-17-8-7-16-12-20(28(32)29-21(16)13-17)19-14-24(30)34-22-10-9-18-26(31)23(35-27(18)25(19)22)11-15-5-3-2-4-6-15/h2-13,19H,14H2,1H3,(H,29,32)/b23-11-. The second-order valence-corrected chi connectivity index (χ2v) is 8.44. The lowest BCUT2D eigenvalue weighted by atomic mass is 9.85. The number of aromatic amines is 1. The predicted octanol–water partition coefficient (Wildman–Crippen LogP) is 4.59. The molecule has 1 aromatic heterocycles. The largest absolute Gasteiger partial charge is 0.497 e. The number of methoxy groups -OCH3 is 1. The summed E-state index contributed by atoms with van der Waals surface area (Å²) in [6.07, 6.45) is 1.62. The Balaban J connectivity index is 1.50. The van der Waals surface area contributed by atoms with Gasteiger partial charge in [0.25, 0.3) is 5.56 Å². The number of allylic oxidation sites excluding steroid dienone is 1. The molecular weight excluding hydrogens is 446 g/mol. The molecule has 1 unspecified atom stereocenters. The smallest absolute Gasteiger partial charge is 0.312 e. The van der Waals surface area contributed by atoms with Crippen molar-refractivity contribution in [1.82, 2.24) is 4.98 Å². The molecule has 2 aliphatic rings. The Bertz CT molecular complexity index is 1620. The number of carbonyl (C=O) groups is 2. The normalized spacial score (nSPS) is 17.6. The van der Waals surface area contributed by atoms with Crippen LogP contribution in [0.5, 0.6) is 17.2 Å². The summed E-state index contributed by atoms with van der Waals surface area (Å²) in [7, 11) is 1.56. The number of pyridine rings is 1. The van der Waals surface area contributed by atoms with Crippen LogP contribution in [0.3, 0.4) is 0 Å². The van der Waals surface area contributed by atoms with Crippen LogP contribution in [0.2, 0.25) is 0 Å². The van der Waals surface area contributed by atoms with Crippen LogP contribution in [0.15, 0.2) is 77.3 Å². The third-order valence-electron chi connectivity index (χ3n) is 6.33. The lowest BCUT2D eigenvalue weighted by Gasteiger charge is -2.26. The first-order valence-electron chi connectivity index (χ1n) is 11.1. The quantitative estimate of drug-likeness (QED) is 0.270. The Kier molecular flexibility index (Phi) is 4.77. The summed E-state index contributed by atoms with van der Waals surface area (Å²) in [4.78, 5) is 41.6. The van der Waals surface area contributed by atoms with Gasteiger partial charge in [-0.3, -0.25) is 14.4 Å². The summed E-state index contributed by atoms with van der Waals surface area (Å²) in [5.41, 5.74) is 2.39. The van der Waals surface area contributed by atoms with Gasteiger partial charge in [-0.2, -0.15) is 0 Å². The number of esters is 1. The first-order chi connectivity index (χ1) is 17.0. The molecular formula is C28H19NO6. The number of Topliss-reactive ketones (excluding diaryl/α,β-unsaturated/α-hetero) is 1. The van der Waals surface area contributed by atoms with Crippen molar-refractivity contribution in [3.63, 3.8) is 0 Å². The molecule has 4 aromatic rings. The average molecular weight is 465 g/mol. The second-order valence-electron chi connectivity index (χ2n) is 8.44. The number of carbonyl (C=O) groups excluding carboxylic acids is 2. The molecule has 0 bridgehead atoms. The molecule has 3 aromatic carbocycles. The van der Waals surface area contributed by atoms with Crippen molar-refractivity contribution < 1.29 is 23.8 Å². The monoisotopic (exact) mass is 465 g/mol. The number of hydrogen-bond donors (Lipinski definition) is 1. The summed E-state index contributed by atoms with van der Waals surface area (Å²) in [5, 5.41) is 0.787. The number of ketones is 1. The van der Waals surface area contributed by atoms with E-state index in [0.29, 0.717) is 33.7 Å². The molecule has 1 atom stereocenters. The van der Waals surface area contributed by atoms with Crippen molar-refractivity contribution in [2.45, 2.75) is 12.3 Å². The number of benzene rings is 3. The number of aromatic nitrogens is 1. The maximum Gasteiger partial charge on any atom is 0.312 e. The van der Waals surface area contributed by atoms with Crippen molar-refractivity contribution >= 4 is 28.7 Å². The molecule has 0 radical (unpaired) electrons. The molecule has 0 fully saturated rings. The van der Waals surface area contributed by atoms with Crippen molar-refractivity contribution in [3.8, 4) is 17.2 Å². The number of rotatable bonds is 3. The molecule has 7 heteroatoms. The van der Waals surface area contributed by atoms with Gasteiger partial charge in [0.05, 0.1) is 24.6 Å². The molecule has 0 saturated carbocycles. The minimum Gasteiger partial charge on any atom is -0.497 e. The highest BCUT2D eigenvalue weighted by Gasteiger charge is 2.39. The highest BCUT2D eigenvalue weighted by molar-refractivity contribution is 6.15. The van der Waals surface area contributed by atoms with E-state index in [-0.39, 0.29) is 29.3 Å². The van der Waals surface area contributed by atoms with Crippen LogP contribution in [-0.4, -0.2) is 23.8 Å². The van der Waals surface area contributed by atoms with Crippen molar-refractivity contribution in [3.05, 3.63) is 105 Å². The first kappa shape index (κ1) is 20.9. The third kappa shape index (κ3) is 3.49. The number of H-pyrrole nitrogens is 1. The molecule has 0 spiro atoms. The second kappa shape index (κ2) is 7.99. The van der Waals surface area contributed by atoms with Gasteiger partial charge in [0.1, 0.15) is 17.2 Å². The van der Waals surface area contributed by atoms with Gasteiger partial charge in [-0.1, -0.05) is 30.3 Å². The van der Waals surface area contributed by atoms with Crippen LogP contribution < -0.4 is 19.8 Å². The zero-order valence-electron chi connectivity index (χ0n) is 18.7. The molecule has 1 N–H and O–H groups in total. The number of nitrogens with one attached hydrogen (secondary N) is 1. The van der Waals surface area contributed by atoms with Crippen LogP contribution in [-0.2, 0) is 4.79 Å². The molecule has 0 saturated heterocycles. The third-order valence-corrected chi connectivity index (χ3v) is 6.33. The zero-order valence-corrected chi connectivity index (χ0v) is 18.7. The van der Waals surface area contributed by atoms with Gasteiger partial charge in [0, 0.05) is 23.1 Å². The van der Waals surface area contributed by atoms with Crippen molar-refractivity contribution in [2.75, 3.05) is 7.11 Å². The minimum atomic E-state index is -0.639. The molecule has 6 rings (SSSR count). The van der Waals surface area contributed by atoms with Gasteiger partial charge >= 0.3 is 5.97 Å². The first-order valence-corrected chi connectivity index (χ1v) is 11.1. The lowest BCUT2D eigenvalue weighted by Crippen LogP contribution is -2.26. The Hall–Kier alpha value is -4.65. The molecule has 172 valence electrons. The zero-order chi connectivity index (χ0) is 24.1. The fraction of sp³-hybridized carbons (Fsp3) is 0.107. The highest BCUT2D eigenvalue weighted by Crippen LogP contribution is 2.48. The molecule has 0 aliphatic carbocycles. The fourth-order valence-electron chi connectivity index (χ4n) is 4.66. The van der Waals surface area contributed by atoms with E-state index in [2.05, 4.69) is 4.98 Å². The molecule has 2 aliphatic heterocycles. The maximum absolute atomic E-state index is 13.2. The maximum atomic E-state index is 13.2. The van der Waals surface area contributed by atoms with Crippen LogP contribution in [0, 0.1) is 0 Å². The van der Waals surface area contributed by atoms with Gasteiger partial charge in [-0.25, -0.2) is 0 Å². The van der Waals surface area contributed by atoms with Gasteiger partial charge in [-0.15, -0.1) is 0 Å². The van der Waals surface area contributed by atoms with E-state index in [1.165, 1.54) is 0 Å². The average Bonchev–Trinajstić information content (AvgIpc) is 3.18. The SMILES string of the molecule is COc1ccc2cc(C3CC(=O)Oc4ccc5c(c43)O/C(=C\c3ccccc3)C5=O)c(=O)[nH]c2c1. The van der Waals surface area contributed by atoms with Crippen molar-refractivity contribution in [2.24, 2.45) is 0 Å². The van der Waals surface area contributed by atoms with Crippen LogP contribution in [0.1, 0.15) is 39.4 Å². The van der Waals surface area contributed by atoms with Gasteiger partial charge in [-0.05, 0) is 47.4 Å². The number of ether oxygens (including phenoxy) is 3. The van der Waals surface area contributed by atoms with E-state index in [1.807, 2.05) is 36.4 Å². The number of hydrogen-bond acceptors (Lipinski definition) is 6. The molecule has 0 amide bonds. The molecule has 3 heterocycles. The predicted molar refractivity (Wildman–Crippen MR) is 129 cm³/mol. The van der Waals surface area contributed by atoms with Gasteiger partial charge in [0.2, 0.25) is 5.78 Å². The van der Waals surface area contributed by atoms with Gasteiger partial charge < -0.3 is 19.2 Å². The van der Waals surface area contributed by atoms with Crippen LogP contribution >= 0.6 is 0 Å². The summed E-state index contributed by atoms with van der Waals surface area (Å²) in [5.74, 6) is 0.0438.